The van der Waals surface area contributed by atoms with Crippen LogP contribution in [0.15, 0.2) is 69.3 Å². The van der Waals surface area contributed by atoms with Crippen LogP contribution in [-0.2, 0) is 11.2 Å². The number of carbonyl (C=O) groups excluding carboxylic acids is 1. The van der Waals surface area contributed by atoms with Gasteiger partial charge in [0.15, 0.2) is 5.16 Å². The minimum Gasteiger partial charge on any atom is -0.497 e. The second kappa shape index (κ2) is 10.7. The summed E-state index contributed by atoms with van der Waals surface area (Å²) in [5.74, 6) is 1.64. The fourth-order valence-electron chi connectivity index (χ4n) is 3.31. The fraction of sp³-hybridized carbons (Fsp3) is 0.174. The number of ether oxygens (including phenoxy) is 2. The van der Waals surface area contributed by atoms with Crippen LogP contribution in [0.25, 0.3) is 5.69 Å². The summed E-state index contributed by atoms with van der Waals surface area (Å²) >= 11 is 1.20. The summed E-state index contributed by atoms with van der Waals surface area (Å²) in [7, 11) is 3.13. The number of rotatable bonds is 9. The van der Waals surface area contributed by atoms with Crippen LogP contribution in [0.2, 0.25) is 0 Å². The highest BCUT2D eigenvalue weighted by Crippen LogP contribution is 2.25. The minimum atomic E-state index is -0.605. The van der Waals surface area contributed by atoms with Crippen LogP contribution in [0.1, 0.15) is 11.5 Å². The third-order valence-corrected chi connectivity index (χ3v) is 5.81. The number of H-pyrrole nitrogens is 2. The quantitative estimate of drug-likeness (QED) is 0.300. The van der Waals surface area contributed by atoms with Gasteiger partial charge in [0, 0.05) is 35.6 Å². The molecule has 35 heavy (non-hydrogen) atoms. The molecule has 2 heterocycles. The van der Waals surface area contributed by atoms with Crippen molar-refractivity contribution >= 4 is 23.4 Å². The predicted octanol–water partition coefficient (Wildman–Crippen LogP) is 1.98. The molecule has 0 unspecified atom stereocenters. The van der Waals surface area contributed by atoms with E-state index in [4.69, 9.17) is 9.47 Å². The van der Waals surface area contributed by atoms with E-state index in [1.165, 1.54) is 17.8 Å². The van der Waals surface area contributed by atoms with Crippen molar-refractivity contribution in [2.24, 2.45) is 0 Å². The molecule has 0 atom stereocenters. The van der Waals surface area contributed by atoms with E-state index in [1.54, 1.807) is 55.2 Å². The maximum Gasteiger partial charge on any atom is 0.325 e. The number of methoxy groups -OCH3 is 2. The molecule has 0 aliphatic carbocycles. The molecule has 4 rings (SSSR count). The summed E-state index contributed by atoms with van der Waals surface area (Å²) < 4.78 is 12.2. The highest BCUT2D eigenvalue weighted by molar-refractivity contribution is 7.99. The van der Waals surface area contributed by atoms with E-state index < -0.39 is 11.2 Å². The first-order valence-corrected chi connectivity index (χ1v) is 11.4. The average molecular weight is 495 g/mol. The second-order valence-corrected chi connectivity index (χ2v) is 8.23. The first kappa shape index (κ1) is 23.8. The van der Waals surface area contributed by atoms with Crippen molar-refractivity contribution < 1.29 is 14.3 Å². The maximum atomic E-state index is 12.6. The van der Waals surface area contributed by atoms with Crippen LogP contribution in [0, 0.1) is 0 Å². The Kier molecular flexibility index (Phi) is 7.31. The monoisotopic (exact) mass is 494 g/mol. The molecule has 0 spiro atoms. The number of anilines is 1. The van der Waals surface area contributed by atoms with Crippen LogP contribution in [0.4, 0.5) is 5.69 Å². The standard InChI is InChI=1S/C23H22N6O5S/c1-33-17-8-6-16(7-9-17)29-19(11-15-12-20(30)26-22(32)25-15)27-28-23(29)35-13-21(31)24-14-4-3-5-18(10-14)34-2/h3-10,12H,11,13H2,1-2H3,(H,24,31)(H2,25,26,30,32). The zero-order valence-electron chi connectivity index (χ0n) is 18.9. The van der Waals surface area contributed by atoms with Gasteiger partial charge in [-0.3, -0.25) is 19.1 Å². The van der Waals surface area contributed by atoms with Crippen molar-refractivity contribution in [1.82, 2.24) is 24.7 Å². The first-order chi connectivity index (χ1) is 16.9. The SMILES string of the molecule is COc1ccc(-n2c(Cc3cc(=O)[nH]c(=O)[nH]3)nnc2SCC(=O)Nc2cccc(OC)c2)cc1. The van der Waals surface area contributed by atoms with Gasteiger partial charge in [-0.05, 0) is 36.4 Å². The van der Waals surface area contributed by atoms with Crippen LogP contribution < -0.4 is 26.0 Å². The number of hydrogen-bond donors (Lipinski definition) is 3. The number of amides is 1. The Hall–Kier alpha value is -4.32. The number of aromatic amines is 2. The molecule has 4 aromatic rings. The summed E-state index contributed by atoms with van der Waals surface area (Å²) in [6.07, 6.45) is 0.148. The van der Waals surface area contributed by atoms with Gasteiger partial charge in [0.1, 0.15) is 17.3 Å². The first-order valence-electron chi connectivity index (χ1n) is 10.4. The van der Waals surface area contributed by atoms with E-state index in [2.05, 4.69) is 25.5 Å². The molecular formula is C23H22N6O5S. The van der Waals surface area contributed by atoms with E-state index >= 15 is 0 Å². The van der Waals surface area contributed by atoms with Gasteiger partial charge in [0.25, 0.3) is 5.56 Å². The van der Waals surface area contributed by atoms with Gasteiger partial charge in [-0.2, -0.15) is 0 Å². The van der Waals surface area contributed by atoms with Crippen molar-refractivity contribution in [3.05, 3.63) is 87.0 Å². The number of thioether (sulfide) groups is 1. The number of carbonyl (C=O) groups is 1. The van der Waals surface area contributed by atoms with Gasteiger partial charge >= 0.3 is 5.69 Å². The summed E-state index contributed by atoms with van der Waals surface area (Å²) in [6, 6.07) is 15.6. The topological polar surface area (TPSA) is 144 Å². The van der Waals surface area contributed by atoms with E-state index in [1.807, 2.05) is 12.1 Å². The number of nitrogens with zero attached hydrogens (tertiary/aromatic N) is 3. The fourth-order valence-corrected chi connectivity index (χ4v) is 4.08. The van der Waals surface area contributed by atoms with E-state index in [0.717, 1.165) is 5.69 Å². The molecule has 2 aromatic heterocycles. The Labute approximate surface area is 203 Å². The van der Waals surface area contributed by atoms with E-state index in [0.29, 0.717) is 33.9 Å². The Bertz CT molecular complexity index is 1420. The normalized spacial score (nSPS) is 10.7. The molecule has 0 saturated carbocycles. The molecule has 0 saturated heterocycles. The van der Waals surface area contributed by atoms with Crippen LogP contribution >= 0.6 is 11.8 Å². The Morgan fingerprint density at radius 2 is 1.77 bits per heavy atom. The number of benzene rings is 2. The zero-order chi connectivity index (χ0) is 24.8. The zero-order valence-corrected chi connectivity index (χ0v) is 19.7. The lowest BCUT2D eigenvalue weighted by Gasteiger charge is -2.11. The third kappa shape index (κ3) is 5.98. The van der Waals surface area contributed by atoms with Gasteiger partial charge in [0.2, 0.25) is 5.91 Å². The largest absolute Gasteiger partial charge is 0.497 e. The smallest absolute Gasteiger partial charge is 0.325 e. The lowest BCUT2D eigenvalue weighted by Crippen LogP contribution is -2.23. The summed E-state index contributed by atoms with van der Waals surface area (Å²) in [5, 5.41) is 11.8. The Morgan fingerprint density at radius 3 is 2.49 bits per heavy atom. The van der Waals surface area contributed by atoms with Crippen LogP contribution in [0.3, 0.4) is 0 Å². The van der Waals surface area contributed by atoms with Gasteiger partial charge in [-0.15, -0.1) is 10.2 Å². The van der Waals surface area contributed by atoms with Gasteiger partial charge in [0.05, 0.1) is 20.0 Å². The lowest BCUT2D eigenvalue weighted by molar-refractivity contribution is -0.113. The average Bonchev–Trinajstić information content (AvgIpc) is 3.24. The van der Waals surface area contributed by atoms with E-state index in [9.17, 15) is 14.4 Å². The maximum absolute atomic E-state index is 12.6. The Balaban J connectivity index is 1.58. The molecule has 12 heteroatoms. The highest BCUT2D eigenvalue weighted by atomic mass is 32.2. The summed E-state index contributed by atoms with van der Waals surface area (Å²) in [5.41, 5.74) is 0.613. The predicted molar refractivity (Wildman–Crippen MR) is 131 cm³/mol. The van der Waals surface area contributed by atoms with Crippen molar-refractivity contribution in [2.45, 2.75) is 11.6 Å². The van der Waals surface area contributed by atoms with Crippen LogP contribution in [-0.4, -0.2) is 50.6 Å². The molecule has 180 valence electrons. The second-order valence-electron chi connectivity index (χ2n) is 7.29. The number of nitrogens with one attached hydrogen (secondary N) is 3. The molecule has 0 aliphatic heterocycles. The molecular weight excluding hydrogens is 472 g/mol. The van der Waals surface area contributed by atoms with Crippen LogP contribution in [0.5, 0.6) is 11.5 Å². The summed E-state index contributed by atoms with van der Waals surface area (Å²) in [6.45, 7) is 0. The molecule has 3 N–H and O–H groups in total. The molecule has 11 nitrogen and oxygen atoms in total. The van der Waals surface area contributed by atoms with Crippen molar-refractivity contribution in [3.63, 3.8) is 0 Å². The van der Waals surface area contributed by atoms with Gasteiger partial charge in [-0.25, -0.2) is 4.79 Å². The molecule has 1 amide bonds. The third-order valence-electron chi connectivity index (χ3n) is 4.88. The molecule has 0 fully saturated rings. The van der Waals surface area contributed by atoms with Crippen molar-refractivity contribution in [2.75, 3.05) is 25.3 Å². The number of hydrogen-bond acceptors (Lipinski definition) is 8. The lowest BCUT2D eigenvalue weighted by atomic mass is 10.2. The Morgan fingerprint density at radius 1 is 1.00 bits per heavy atom. The van der Waals surface area contributed by atoms with Crippen molar-refractivity contribution in [1.29, 1.82) is 0 Å². The van der Waals surface area contributed by atoms with E-state index in [-0.39, 0.29) is 18.1 Å². The highest BCUT2D eigenvalue weighted by Gasteiger charge is 2.17. The summed E-state index contributed by atoms with van der Waals surface area (Å²) in [4.78, 5) is 40.7. The minimum absolute atomic E-state index is 0.0767. The van der Waals surface area contributed by atoms with Gasteiger partial charge < -0.3 is 19.8 Å². The van der Waals surface area contributed by atoms with Crippen molar-refractivity contribution in [3.8, 4) is 17.2 Å². The molecule has 0 aliphatic rings. The molecule has 2 aromatic carbocycles. The molecule has 0 radical (unpaired) electrons. The molecule has 0 bridgehead atoms. The van der Waals surface area contributed by atoms with Gasteiger partial charge in [-0.1, -0.05) is 17.8 Å². The number of aromatic nitrogens is 5.